The SMILES string of the molecule is NC(=S)N/N=C1/C[C@@H](c2ccccc2)[Se][C@H]2CCCC[C@H]12. The zero-order valence-corrected chi connectivity index (χ0v) is 14.5. The van der Waals surface area contributed by atoms with Crippen LogP contribution < -0.4 is 11.2 Å². The number of hydrazone groups is 1. The molecule has 1 aromatic carbocycles. The van der Waals surface area contributed by atoms with Gasteiger partial charge in [0.05, 0.1) is 0 Å². The number of hydrogen-bond donors (Lipinski definition) is 2. The molecule has 5 heteroatoms. The van der Waals surface area contributed by atoms with E-state index < -0.39 is 0 Å². The third-order valence-electron chi connectivity index (χ3n) is 4.35. The molecule has 0 spiro atoms. The molecule has 1 saturated heterocycles. The number of nitrogens with zero attached hydrogens (tertiary/aromatic N) is 1. The summed E-state index contributed by atoms with van der Waals surface area (Å²) in [5.74, 6) is 0.653. The van der Waals surface area contributed by atoms with Crippen molar-refractivity contribution in [2.45, 2.75) is 41.7 Å². The van der Waals surface area contributed by atoms with E-state index in [4.69, 9.17) is 18.0 Å². The van der Waals surface area contributed by atoms with E-state index in [-0.39, 0.29) is 5.11 Å². The first-order valence-electron chi connectivity index (χ1n) is 7.56. The predicted octanol–water partition coefficient (Wildman–Crippen LogP) is 3.00. The topological polar surface area (TPSA) is 50.4 Å². The number of rotatable bonds is 2. The van der Waals surface area contributed by atoms with Crippen LogP contribution in [0, 0.1) is 5.92 Å². The second kappa shape index (κ2) is 6.91. The van der Waals surface area contributed by atoms with Gasteiger partial charge in [-0.2, -0.15) is 0 Å². The summed E-state index contributed by atoms with van der Waals surface area (Å²) in [6.45, 7) is 0. The molecule has 2 aliphatic rings. The van der Waals surface area contributed by atoms with Crippen LogP contribution in [0.15, 0.2) is 35.4 Å². The number of nitrogens with one attached hydrogen (secondary N) is 1. The Hall–Kier alpha value is -0.901. The van der Waals surface area contributed by atoms with Crippen molar-refractivity contribution in [3.8, 4) is 0 Å². The number of hydrogen-bond acceptors (Lipinski definition) is 2. The molecule has 112 valence electrons. The maximum atomic E-state index is 5.54. The Balaban J connectivity index is 1.83. The molecule has 0 radical (unpaired) electrons. The molecule has 3 atom stereocenters. The molecular formula is C16H21N3SSe. The molecule has 0 bridgehead atoms. The quantitative estimate of drug-likeness (QED) is 0.481. The summed E-state index contributed by atoms with van der Waals surface area (Å²) in [5.41, 5.74) is 11.1. The second-order valence-electron chi connectivity index (χ2n) is 5.75. The van der Waals surface area contributed by atoms with Gasteiger partial charge in [0.1, 0.15) is 0 Å². The Morgan fingerprint density at radius 1 is 1.24 bits per heavy atom. The van der Waals surface area contributed by atoms with Gasteiger partial charge < -0.3 is 0 Å². The van der Waals surface area contributed by atoms with Gasteiger partial charge in [0.2, 0.25) is 0 Å². The summed E-state index contributed by atoms with van der Waals surface area (Å²) in [6, 6.07) is 10.9. The van der Waals surface area contributed by atoms with Crippen molar-refractivity contribution in [3.05, 3.63) is 35.9 Å². The van der Waals surface area contributed by atoms with Gasteiger partial charge in [0.15, 0.2) is 0 Å². The van der Waals surface area contributed by atoms with E-state index in [1.165, 1.54) is 37.0 Å². The summed E-state index contributed by atoms with van der Waals surface area (Å²) in [7, 11) is 0. The van der Waals surface area contributed by atoms with E-state index in [0.717, 1.165) is 11.2 Å². The van der Waals surface area contributed by atoms with Crippen molar-refractivity contribution in [1.29, 1.82) is 0 Å². The van der Waals surface area contributed by atoms with Crippen LogP contribution in [0.4, 0.5) is 0 Å². The summed E-state index contributed by atoms with van der Waals surface area (Å²) in [5, 5.41) is 4.82. The fourth-order valence-electron chi connectivity index (χ4n) is 3.36. The zero-order valence-electron chi connectivity index (χ0n) is 12.0. The molecule has 2 fully saturated rings. The number of benzene rings is 1. The third-order valence-corrected chi connectivity index (χ3v) is 7.96. The molecule has 1 aliphatic heterocycles. The molecule has 0 aromatic heterocycles. The Labute approximate surface area is 137 Å². The van der Waals surface area contributed by atoms with Crippen molar-refractivity contribution in [3.63, 3.8) is 0 Å². The molecule has 0 amide bonds. The van der Waals surface area contributed by atoms with Crippen LogP contribution >= 0.6 is 12.2 Å². The average Bonchev–Trinajstić information content (AvgIpc) is 2.53. The summed E-state index contributed by atoms with van der Waals surface area (Å²) in [4.78, 5) is 1.47. The molecule has 1 heterocycles. The van der Waals surface area contributed by atoms with E-state index in [9.17, 15) is 0 Å². The molecular weight excluding hydrogens is 345 g/mol. The van der Waals surface area contributed by atoms with Crippen molar-refractivity contribution in [2.24, 2.45) is 16.8 Å². The minimum atomic E-state index is 0.266. The molecule has 21 heavy (non-hydrogen) atoms. The van der Waals surface area contributed by atoms with E-state index >= 15 is 0 Å². The van der Waals surface area contributed by atoms with Gasteiger partial charge in [0, 0.05) is 0 Å². The van der Waals surface area contributed by atoms with Crippen LogP contribution in [0.25, 0.3) is 0 Å². The normalized spacial score (nSPS) is 30.7. The van der Waals surface area contributed by atoms with E-state index in [0.29, 0.717) is 25.7 Å². The standard InChI is InChI=1S/C16H21N3SSe/c17-16(20)19-18-13-10-15(11-6-2-1-3-7-11)21-14-9-5-4-8-12(13)14/h1-3,6-7,12,14-15H,4-5,8-10H2,(H3,17,19,20)/b18-13-/t12-,14+,15+/m1/s1. The van der Waals surface area contributed by atoms with Crippen LogP contribution in [0.2, 0.25) is 4.82 Å². The summed E-state index contributed by atoms with van der Waals surface area (Å²) >= 11 is 5.56. The third kappa shape index (κ3) is 3.65. The number of nitrogens with two attached hydrogens (primary N) is 1. The number of fused-ring (bicyclic) bond motifs is 1. The first-order valence-corrected chi connectivity index (χ1v) is 9.95. The van der Waals surface area contributed by atoms with Crippen LogP contribution in [0.3, 0.4) is 0 Å². The molecule has 1 aliphatic carbocycles. The Morgan fingerprint density at radius 2 is 2.00 bits per heavy atom. The molecule has 3 nitrogen and oxygen atoms in total. The van der Waals surface area contributed by atoms with E-state index in [2.05, 4.69) is 40.9 Å². The minimum absolute atomic E-state index is 0.266. The Kier molecular flexibility index (Phi) is 4.94. The van der Waals surface area contributed by atoms with Crippen LogP contribution in [0.5, 0.6) is 0 Å². The monoisotopic (exact) mass is 367 g/mol. The van der Waals surface area contributed by atoms with Crippen LogP contribution in [-0.4, -0.2) is 25.8 Å². The van der Waals surface area contributed by atoms with Gasteiger partial charge >= 0.3 is 138 Å². The van der Waals surface area contributed by atoms with E-state index in [1.54, 1.807) is 0 Å². The fraction of sp³-hybridized carbons (Fsp3) is 0.500. The van der Waals surface area contributed by atoms with Gasteiger partial charge in [-0.25, -0.2) is 0 Å². The van der Waals surface area contributed by atoms with E-state index in [1.807, 2.05) is 0 Å². The first-order chi connectivity index (χ1) is 10.2. The van der Waals surface area contributed by atoms with Gasteiger partial charge in [0.25, 0.3) is 0 Å². The molecule has 3 rings (SSSR count). The summed E-state index contributed by atoms with van der Waals surface area (Å²) in [6.07, 6.45) is 6.41. The molecule has 1 saturated carbocycles. The van der Waals surface area contributed by atoms with Gasteiger partial charge in [-0.15, -0.1) is 0 Å². The molecule has 3 N–H and O–H groups in total. The summed E-state index contributed by atoms with van der Waals surface area (Å²) < 4.78 is 0. The first kappa shape index (κ1) is 15.0. The van der Waals surface area contributed by atoms with Crippen molar-refractivity contribution >= 4 is 38.0 Å². The van der Waals surface area contributed by atoms with Crippen molar-refractivity contribution in [2.75, 3.05) is 0 Å². The van der Waals surface area contributed by atoms with Gasteiger partial charge in [-0.1, -0.05) is 0 Å². The second-order valence-corrected chi connectivity index (χ2v) is 9.22. The average molecular weight is 366 g/mol. The van der Waals surface area contributed by atoms with Gasteiger partial charge in [-0.05, 0) is 0 Å². The van der Waals surface area contributed by atoms with Crippen LogP contribution in [-0.2, 0) is 0 Å². The Bertz CT molecular complexity index is 532. The predicted molar refractivity (Wildman–Crippen MR) is 92.6 cm³/mol. The molecule has 1 aromatic rings. The fourth-order valence-corrected chi connectivity index (χ4v) is 7.16. The molecule has 0 unspecified atom stereocenters. The van der Waals surface area contributed by atoms with Crippen LogP contribution in [0.1, 0.15) is 42.5 Å². The van der Waals surface area contributed by atoms with Crippen molar-refractivity contribution < 1.29 is 0 Å². The zero-order chi connectivity index (χ0) is 14.7. The number of thiocarbonyl (C=S) groups is 1. The van der Waals surface area contributed by atoms with Crippen molar-refractivity contribution in [1.82, 2.24) is 5.43 Å². The maximum absolute atomic E-state index is 5.54. The Morgan fingerprint density at radius 3 is 2.76 bits per heavy atom. The van der Waals surface area contributed by atoms with Gasteiger partial charge in [-0.3, -0.25) is 0 Å².